The summed E-state index contributed by atoms with van der Waals surface area (Å²) in [5, 5.41) is 12.6. The Morgan fingerprint density at radius 3 is 3.00 bits per heavy atom. The van der Waals surface area contributed by atoms with Gasteiger partial charge in [0.15, 0.2) is 0 Å². The average molecular weight is 247 g/mol. The first-order valence-electron chi connectivity index (χ1n) is 5.48. The topological polar surface area (TPSA) is 77.2 Å². The van der Waals surface area contributed by atoms with Crippen LogP contribution in [-0.4, -0.2) is 32.4 Å². The van der Waals surface area contributed by atoms with E-state index in [1.165, 1.54) is 6.33 Å². The van der Waals surface area contributed by atoms with Crippen molar-refractivity contribution in [3.05, 3.63) is 36.4 Å². The number of rotatable bonds is 5. The third-order valence-electron chi connectivity index (χ3n) is 2.37. The maximum atomic E-state index is 10.4. The molecule has 0 unspecified atom stereocenters. The van der Waals surface area contributed by atoms with Crippen LogP contribution < -0.4 is 4.74 Å². The normalized spacial score (nSPS) is 10.3. The number of aromatic nitrogens is 3. The summed E-state index contributed by atoms with van der Waals surface area (Å²) in [6, 6.07) is 7.28. The molecule has 0 saturated heterocycles. The van der Waals surface area contributed by atoms with E-state index in [9.17, 15) is 4.79 Å². The SMILES string of the molecule is Cc1ncnn1-c1cccc(OCCC(=O)O)c1. The summed E-state index contributed by atoms with van der Waals surface area (Å²) in [5.41, 5.74) is 0.831. The van der Waals surface area contributed by atoms with Crippen molar-refractivity contribution >= 4 is 5.97 Å². The maximum absolute atomic E-state index is 10.4. The predicted octanol–water partition coefficient (Wildman–Crippen LogP) is 1.43. The molecule has 94 valence electrons. The number of carbonyl (C=O) groups is 1. The molecule has 2 aromatic rings. The number of hydrogen-bond donors (Lipinski definition) is 1. The van der Waals surface area contributed by atoms with Gasteiger partial charge < -0.3 is 9.84 Å². The van der Waals surface area contributed by atoms with E-state index in [4.69, 9.17) is 9.84 Å². The molecule has 1 aromatic carbocycles. The van der Waals surface area contributed by atoms with E-state index < -0.39 is 5.97 Å². The number of carboxylic acids is 1. The van der Waals surface area contributed by atoms with Crippen molar-refractivity contribution in [2.24, 2.45) is 0 Å². The highest BCUT2D eigenvalue weighted by atomic mass is 16.5. The third-order valence-corrected chi connectivity index (χ3v) is 2.37. The second kappa shape index (κ2) is 5.31. The highest BCUT2D eigenvalue weighted by Crippen LogP contribution is 2.17. The number of nitrogens with zero attached hydrogens (tertiary/aromatic N) is 3. The first-order chi connectivity index (χ1) is 8.66. The van der Waals surface area contributed by atoms with Crippen molar-refractivity contribution in [3.8, 4) is 11.4 Å². The van der Waals surface area contributed by atoms with Gasteiger partial charge in [-0.05, 0) is 19.1 Å². The number of hydrogen-bond acceptors (Lipinski definition) is 4. The monoisotopic (exact) mass is 247 g/mol. The predicted molar refractivity (Wildman–Crippen MR) is 63.8 cm³/mol. The minimum absolute atomic E-state index is 0.0212. The fraction of sp³-hybridized carbons (Fsp3) is 0.250. The van der Waals surface area contributed by atoms with Crippen LogP contribution in [0.1, 0.15) is 12.2 Å². The molecule has 1 aromatic heterocycles. The van der Waals surface area contributed by atoms with Crippen LogP contribution in [0.15, 0.2) is 30.6 Å². The van der Waals surface area contributed by atoms with Gasteiger partial charge in [-0.25, -0.2) is 9.67 Å². The summed E-state index contributed by atoms with van der Waals surface area (Å²) in [5.74, 6) is 0.514. The summed E-state index contributed by atoms with van der Waals surface area (Å²) in [4.78, 5) is 14.4. The van der Waals surface area contributed by atoms with Gasteiger partial charge in [0, 0.05) is 6.07 Å². The highest BCUT2D eigenvalue weighted by Gasteiger charge is 2.04. The van der Waals surface area contributed by atoms with Gasteiger partial charge >= 0.3 is 5.97 Å². The third kappa shape index (κ3) is 2.85. The van der Waals surface area contributed by atoms with E-state index in [-0.39, 0.29) is 13.0 Å². The fourth-order valence-corrected chi connectivity index (χ4v) is 1.51. The van der Waals surface area contributed by atoms with Crippen LogP contribution in [0.3, 0.4) is 0 Å². The average Bonchev–Trinajstić information content (AvgIpc) is 2.75. The van der Waals surface area contributed by atoms with Crippen molar-refractivity contribution in [3.63, 3.8) is 0 Å². The van der Waals surface area contributed by atoms with Crippen LogP contribution in [0.4, 0.5) is 0 Å². The Bertz CT molecular complexity index is 551. The number of aryl methyl sites for hydroxylation is 1. The minimum atomic E-state index is -0.877. The van der Waals surface area contributed by atoms with Gasteiger partial charge in [0.05, 0.1) is 18.7 Å². The smallest absolute Gasteiger partial charge is 0.306 e. The molecule has 1 N–H and O–H groups in total. The van der Waals surface area contributed by atoms with E-state index in [1.54, 1.807) is 16.8 Å². The number of ether oxygens (including phenoxy) is 1. The Hall–Kier alpha value is -2.37. The van der Waals surface area contributed by atoms with Crippen LogP contribution >= 0.6 is 0 Å². The Kier molecular flexibility index (Phi) is 3.57. The molecule has 0 spiro atoms. The quantitative estimate of drug-likeness (QED) is 0.864. The zero-order valence-corrected chi connectivity index (χ0v) is 9.91. The largest absolute Gasteiger partial charge is 0.493 e. The van der Waals surface area contributed by atoms with E-state index in [2.05, 4.69) is 10.1 Å². The molecule has 2 rings (SSSR count). The lowest BCUT2D eigenvalue weighted by Gasteiger charge is -2.07. The van der Waals surface area contributed by atoms with Crippen molar-refractivity contribution in [1.29, 1.82) is 0 Å². The van der Waals surface area contributed by atoms with Crippen molar-refractivity contribution < 1.29 is 14.6 Å². The molecule has 1 heterocycles. The lowest BCUT2D eigenvalue weighted by molar-refractivity contribution is -0.137. The van der Waals surface area contributed by atoms with Crippen molar-refractivity contribution in [2.45, 2.75) is 13.3 Å². The lowest BCUT2D eigenvalue weighted by atomic mass is 10.3. The zero-order valence-electron chi connectivity index (χ0n) is 9.91. The molecule has 18 heavy (non-hydrogen) atoms. The number of aliphatic carboxylic acids is 1. The summed E-state index contributed by atoms with van der Waals surface area (Å²) >= 11 is 0. The molecule has 0 bridgehead atoms. The molecule has 0 aliphatic rings. The van der Waals surface area contributed by atoms with Crippen LogP contribution in [0.2, 0.25) is 0 Å². The lowest BCUT2D eigenvalue weighted by Crippen LogP contribution is -2.05. The number of benzene rings is 1. The van der Waals surface area contributed by atoms with Gasteiger partial charge in [0.2, 0.25) is 0 Å². The van der Waals surface area contributed by atoms with Crippen LogP contribution in [0, 0.1) is 6.92 Å². The van der Waals surface area contributed by atoms with Gasteiger partial charge in [0.1, 0.15) is 17.9 Å². The Morgan fingerprint density at radius 1 is 1.50 bits per heavy atom. The van der Waals surface area contributed by atoms with Crippen molar-refractivity contribution in [2.75, 3.05) is 6.61 Å². The Balaban J connectivity index is 2.11. The van der Waals surface area contributed by atoms with Gasteiger partial charge in [-0.1, -0.05) is 6.07 Å². The maximum Gasteiger partial charge on any atom is 0.306 e. The molecule has 0 fully saturated rings. The Labute approximate surface area is 104 Å². The van der Waals surface area contributed by atoms with E-state index in [0.29, 0.717) is 5.75 Å². The second-order valence-electron chi connectivity index (χ2n) is 3.71. The van der Waals surface area contributed by atoms with Crippen LogP contribution in [0.5, 0.6) is 5.75 Å². The summed E-state index contributed by atoms with van der Waals surface area (Å²) in [6.45, 7) is 2.00. The zero-order chi connectivity index (χ0) is 13.0. The van der Waals surface area contributed by atoms with Crippen LogP contribution in [-0.2, 0) is 4.79 Å². The standard InChI is InChI=1S/C12H13N3O3/c1-9-13-8-14-15(9)10-3-2-4-11(7-10)18-6-5-12(16)17/h2-4,7-8H,5-6H2,1H3,(H,16,17). The van der Waals surface area contributed by atoms with E-state index >= 15 is 0 Å². The molecule has 0 radical (unpaired) electrons. The molecule has 0 aliphatic heterocycles. The molecule has 0 saturated carbocycles. The molecule has 0 amide bonds. The fourth-order valence-electron chi connectivity index (χ4n) is 1.51. The van der Waals surface area contributed by atoms with Gasteiger partial charge in [-0.2, -0.15) is 5.10 Å². The summed E-state index contributed by atoms with van der Waals surface area (Å²) < 4.78 is 7.04. The molecule has 6 nitrogen and oxygen atoms in total. The first-order valence-corrected chi connectivity index (χ1v) is 5.48. The molecular weight excluding hydrogens is 234 g/mol. The first kappa shape index (κ1) is 12.1. The second-order valence-corrected chi connectivity index (χ2v) is 3.71. The van der Waals surface area contributed by atoms with Gasteiger partial charge in [-0.15, -0.1) is 0 Å². The van der Waals surface area contributed by atoms with Gasteiger partial charge in [-0.3, -0.25) is 4.79 Å². The number of carboxylic acid groups (broad SMARTS) is 1. The van der Waals surface area contributed by atoms with Crippen molar-refractivity contribution in [1.82, 2.24) is 14.8 Å². The Morgan fingerprint density at radius 2 is 2.33 bits per heavy atom. The highest BCUT2D eigenvalue weighted by molar-refractivity contribution is 5.66. The van der Waals surface area contributed by atoms with Crippen LogP contribution in [0.25, 0.3) is 5.69 Å². The van der Waals surface area contributed by atoms with E-state index in [0.717, 1.165) is 11.5 Å². The summed E-state index contributed by atoms with van der Waals surface area (Å²) in [6.07, 6.45) is 1.46. The molecule has 0 aliphatic carbocycles. The van der Waals surface area contributed by atoms with Gasteiger partial charge in [0.25, 0.3) is 0 Å². The minimum Gasteiger partial charge on any atom is -0.493 e. The molecular formula is C12H13N3O3. The van der Waals surface area contributed by atoms with E-state index in [1.807, 2.05) is 19.1 Å². The summed E-state index contributed by atoms with van der Waals surface area (Å²) in [7, 11) is 0. The molecule has 0 atom stereocenters. The molecule has 6 heteroatoms.